The van der Waals surface area contributed by atoms with E-state index in [-0.39, 0.29) is 10.8 Å². The van der Waals surface area contributed by atoms with Gasteiger partial charge in [-0.3, -0.25) is 4.79 Å². The molecular weight excluding hydrogens is 448 g/mol. The van der Waals surface area contributed by atoms with E-state index in [1.165, 1.54) is 12.1 Å². The third kappa shape index (κ3) is 7.00. The van der Waals surface area contributed by atoms with Crippen LogP contribution in [0.1, 0.15) is 31.2 Å². The molecule has 0 fully saturated rings. The molecule has 0 spiro atoms. The van der Waals surface area contributed by atoms with Gasteiger partial charge < -0.3 is 24.3 Å². The van der Waals surface area contributed by atoms with E-state index in [2.05, 4.69) is 10.0 Å². The Labute approximate surface area is 194 Å². The van der Waals surface area contributed by atoms with Crippen LogP contribution >= 0.6 is 0 Å². The minimum atomic E-state index is -3.63. The Morgan fingerprint density at radius 2 is 1.70 bits per heavy atom. The smallest absolute Gasteiger partial charge is 0.240 e. The summed E-state index contributed by atoms with van der Waals surface area (Å²) in [4.78, 5) is 12.2. The molecule has 10 heteroatoms. The molecule has 0 atom stereocenters. The highest BCUT2D eigenvalue weighted by molar-refractivity contribution is 7.89. The number of nitrogens with one attached hydrogen (secondary N) is 2. The summed E-state index contributed by atoms with van der Waals surface area (Å²) >= 11 is 0. The summed E-state index contributed by atoms with van der Waals surface area (Å²) < 4.78 is 48.9. The van der Waals surface area contributed by atoms with Crippen molar-refractivity contribution in [2.45, 2.75) is 37.1 Å². The van der Waals surface area contributed by atoms with Gasteiger partial charge in [0.1, 0.15) is 13.2 Å². The third-order valence-electron chi connectivity index (χ3n) is 5.13. The van der Waals surface area contributed by atoms with Gasteiger partial charge in [-0.05, 0) is 42.7 Å². The SMILES string of the molecule is COc1ccc(CNC(=O)CCCCCNS(=O)(=O)c2ccc3c(c2)OCCO3)cc1OC. The Bertz CT molecular complexity index is 1060. The topological polar surface area (TPSA) is 112 Å². The van der Waals surface area contributed by atoms with Crippen LogP contribution in [-0.2, 0) is 21.4 Å². The van der Waals surface area contributed by atoms with Crippen LogP contribution in [0.15, 0.2) is 41.3 Å². The molecule has 0 aliphatic carbocycles. The van der Waals surface area contributed by atoms with Crippen LogP contribution in [0.4, 0.5) is 0 Å². The monoisotopic (exact) mass is 478 g/mol. The fourth-order valence-electron chi connectivity index (χ4n) is 3.35. The normalized spacial score (nSPS) is 12.8. The van der Waals surface area contributed by atoms with Gasteiger partial charge in [-0.25, -0.2) is 13.1 Å². The van der Waals surface area contributed by atoms with Crippen molar-refractivity contribution >= 4 is 15.9 Å². The Hall–Kier alpha value is -2.98. The van der Waals surface area contributed by atoms with Gasteiger partial charge in [0.05, 0.1) is 19.1 Å². The van der Waals surface area contributed by atoms with Gasteiger partial charge in [-0.2, -0.15) is 0 Å². The number of hydrogen-bond donors (Lipinski definition) is 2. The first-order valence-electron chi connectivity index (χ1n) is 10.8. The van der Waals surface area contributed by atoms with E-state index < -0.39 is 10.0 Å². The minimum absolute atomic E-state index is 0.0540. The molecule has 180 valence electrons. The summed E-state index contributed by atoms with van der Waals surface area (Å²) in [6.07, 6.45) is 2.41. The summed E-state index contributed by atoms with van der Waals surface area (Å²) in [7, 11) is -0.493. The summed E-state index contributed by atoms with van der Waals surface area (Å²) in [5.74, 6) is 2.18. The fraction of sp³-hybridized carbons (Fsp3) is 0.435. The summed E-state index contributed by atoms with van der Waals surface area (Å²) in [5, 5.41) is 2.88. The molecule has 0 bridgehead atoms. The maximum absolute atomic E-state index is 12.5. The van der Waals surface area contributed by atoms with E-state index >= 15 is 0 Å². The molecule has 1 amide bonds. The Morgan fingerprint density at radius 3 is 2.45 bits per heavy atom. The molecule has 1 aliphatic heterocycles. The van der Waals surface area contributed by atoms with Crippen molar-refractivity contribution in [1.29, 1.82) is 0 Å². The molecule has 0 radical (unpaired) electrons. The molecule has 2 aromatic carbocycles. The third-order valence-corrected chi connectivity index (χ3v) is 6.59. The lowest BCUT2D eigenvalue weighted by Crippen LogP contribution is -2.25. The van der Waals surface area contributed by atoms with Crippen LogP contribution in [0.2, 0.25) is 0 Å². The van der Waals surface area contributed by atoms with Crippen molar-refractivity contribution in [2.24, 2.45) is 0 Å². The van der Waals surface area contributed by atoms with Crippen molar-refractivity contribution in [2.75, 3.05) is 34.0 Å². The molecule has 0 aromatic heterocycles. The maximum Gasteiger partial charge on any atom is 0.240 e. The number of methoxy groups -OCH3 is 2. The number of rotatable bonds is 12. The van der Waals surface area contributed by atoms with Crippen LogP contribution in [0, 0.1) is 0 Å². The number of benzene rings is 2. The summed E-state index contributed by atoms with van der Waals surface area (Å²) in [6, 6.07) is 10.1. The van der Waals surface area contributed by atoms with E-state index in [0.717, 1.165) is 12.0 Å². The van der Waals surface area contributed by atoms with Gasteiger partial charge in [-0.1, -0.05) is 12.5 Å². The van der Waals surface area contributed by atoms with E-state index in [9.17, 15) is 13.2 Å². The number of unbranched alkanes of at least 4 members (excludes halogenated alkanes) is 2. The van der Waals surface area contributed by atoms with E-state index in [1.54, 1.807) is 26.4 Å². The van der Waals surface area contributed by atoms with Crippen LogP contribution < -0.4 is 29.0 Å². The highest BCUT2D eigenvalue weighted by atomic mass is 32.2. The largest absolute Gasteiger partial charge is 0.493 e. The first-order chi connectivity index (χ1) is 15.9. The number of sulfonamides is 1. The number of hydrogen-bond acceptors (Lipinski definition) is 7. The van der Waals surface area contributed by atoms with Crippen LogP contribution in [0.25, 0.3) is 0 Å². The second-order valence-electron chi connectivity index (χ2n) is 7.48. The van der Waals surface area contributed by atoms with Crippen molar-refractivity contribution < 1.29 is 32.2 Å². The molecule has 33 heavy (non-hydrogen) atoms. The zero-order valence-electron chi connectivity index (χ0n) is 18.9. The average Bonchev–Trinajstić information content (AvgIpc) is 2.84. The van der Waals surface area contributed by atoms with Gasteiger partial charge in [0.25, 0.3) is 0 Å². The number of carbonyl (C=O) groups is 1. The molecule has 3 rings (SSSR count). The van der Waals surface area contributed by atoms with E-state index in [1.807, 2.05) is 12.1 Å². The average molecular weight is 479 g/mol. The van der Waals surface area contributed by atoms with Crippen molar-refractivity contribution in [3.8, 4) is 23.0 Å². The van der Waals surface area contributed by atoms with Crippen molar-refractivity contribution in [3.05, 3.63) is 42.0 Å². The Morgan fingerprint density at radius 1 is 0.939 bits per heavy atom. The highest BCUT2D eigenvalue weighted by Gasteiger charge is 2.19. The molecular formula is C23H30N2O7S. The van der Waals surface area contributed by atoms with Crippen LogP contribution in [0.5, 0.6) is 23.0 Å². The molecule has 1 heterocycles. The Balaban J connectivity index is 1.34. The molecule has 0 saturated carbocycles. The number of fused-ring (bicyclic) bond motifs is 1. The number of amides is 1. The standard InChI is InChI=1S/C23H30N2O7S/c1-29-19-9-7-17(14-21(19)30-2)16-24-23(26)6-4-3-5-11-25-33(27,28)18-8-10-20-22(15-18)32-13-12-31-20/h7-10,14-15,25H,3-6,11-13,16H2,1-2H3,(H,24,26). The lowest BCUT2D eigenvalue weighted by Gasteiger charge is -2.18. The summed E-state index contributed by atoms with van der Waals surface area (Å²) in [5.41, 5.74) is 0.912. The number of carbonyl (C=O) groups excluding carboxylic acids is 1. The molecule has 2 aromatic rings. The number of ether oxygens (including phenoxy) is 4. The minimum Gasteiger partial charge on any atom is -0.493 e. The molecule has 2 N–H and O–H groups in total. The molecule has 0 saturated heterocycles. The zero-order valence-corrected chi connectivity index (χ0v) is 19.7. The molecule has 1 aliphatic rings. The van der Waals surface area contributed by atoms with Gasteiger partial charge in [0.15, 0.2) is 23.0 Å². The van der Waals surface area contributed by atoms with Crippen LogP contribution in [-0.4, -0.2) is 48.3 Å². The lowest BCUT2D eigenvalue weighted by molar-refractivity contribution is -0.121. The molecule has 0 unspecified atom stereocenters. The molecule has 9 nitrogen and oxygen atoms in total. The zero-order chi connectivity index (χ0) is 23.7. The lowest BCUT2D eigenvalue weighted by atomic mass is 10.1. The van der Waals surface area contributed by atoms with Gasteiger partial charge in [0.2, 0.25) is 15.9 Å². The van der Waals surface area contributed by atoms with E-state index in [4.69, 9.17) is 18.9 Å². The maximum atomic E-state index is 12.5. The first kappa shape index (κ1) is 24.7. The predicted octanol–water partition coefficient (Wildman–Crippen LogP) is 2.63. The van der Waals surface area contributed by atoms with Crippen LogP contribution in [0.3, 0.4) is 0 Å². The van der Waals surface area contributed by atoms with E-state index in [0.29, 0.717) is 68.6 Å². The Kier molecular flexibility index (Phi) is 8.79. The van der Waals surface area contributed by atoms with Crippen molar-refractivity contribution in [3.63, 3.8) is 0 Å². The highest BCUT2D eigenvalue weighted by Crippen LogP contribution is 2.32. The first-order valence-corrected chi connectivity index (χ1v) is 12.3. The second kappa shape index (κ2) is 11.8. The van der Waals surface area contributed by atoms with Gasteiger partial charge in [-0.15, -0.1) is 0 Å². The summed E-state index contributed by atoms with van der Waals surface area (Å²) in [6.45, 7) is 1.54. The van der Waals surface area contributed by atoms with Gasteiger partial charge >= 0.3 is 0 Å². The van der Waals surface area contributed by atoms with Crippen molar-refractivity contribution in [1.82, 2.24) is 10.0 Å². The fourth-order valence-corrected chi connectivity index (χ4v) is 4.44. The predicted molar refractivity (Wildman–Crippen MR) is 122 cm³/mol. The quantitative estimate of drug-likeness (QED) is 0.451. The second-order valence-corrected chi connectivity index (χ2v) is 9.25. The van der Waals surface area contributed by atoms with Gasteiger partial charge in [0, 0.05) is 25.6 Å².